The van der Waals surface area contributed by atoms with E-state index in [0.29, 0.717) is 17.4 Å². The number of nitrogens with zero attached hydrogens (tertiary/aromatic N) is 3. The minimum atomic E-state index is -0.123. The van der Waals surface area contributed by atoms with Gasteiger partial charge in [0, 0.05) is 30.4 Å². The number of rotatable bonds is 3. The first kappa shape index (κ1) is 15.3. The first-order chi connectivity index (χ1) is 12.2. The van der Waals surface area contributed by atoms with Crippen molar-refractivity contribution in [3.63, 3.8) is 0 Å². The van der Waals surface area contributed by atoms with Gasteiger partial charge in [-0.25, -0.2) is 9.97 Å². The number of aromatic nitrogens is 2. The normalized spacial score (nSPS) is 15.7. The van der Waals surface area contributed by atoms with E-state index in [1.54, 1.807) is 30.6 Å². The molecule has 2 aromatic carbocycles. The molecule has 0 spiro atoms. The Hall–Kier alpha value is -3.21. The SMILES string of the molecule is CC1CN(c2ncccn2)c2c(NC(=O)c3ccccc3)cccc21. The number of anilines is 3. The summed E-state index contributed by atoms with van der Waals surface area (Å²) in [5, 5.41) is 3.04. The van der Waals surface area contributed by atoms with Crippen molar-refractivity contribution in [2.45, 2.75) is 12.8 Å². The fraction of sp³-hybridized carbons (Fsp3) is 0.150. The van der Waals surface area contributed by atoms with Crippen LogP contribution in [-0.4, -0.2) is 22.4 Å². The van der Waals surface area contributed by atoms with Crippen LogP contribution >= 0.6 is 0 Å². The van der Waals surface area contributed by atoms with Crippen LogP contribution < -0.4 is 10.2 Å². The number of fused-ring (bicyclic) bond motifs is 1. The molecule has 3 aromatic rings. The van der Waals surface area contributed by atoms with Crippen LogP contribution in [0.4, 0.5) is 17.3 Å². The lowest BCUT2D eigenvalue weighted by molar-refractivity contribution is 0.102. The van der Waals surface area contributed by atoms with Crippen molar-refractivity contribution in [3.05, 3.63) is 78.1 Å². The Morgan fingerprint density at radius 1 is 1.04 bits per heavy atom. The highest BCUT2D eigenvalue weighted by molar-refractivity contribution is 6.06. The number of carbonyl (C=O) groups is 1. The first-order valence-electron chi connectivity index (χ1n) is 8.28. The predicted octanol–water partition coefficient (Wildman–Crippen LogP) is 3.98. The van der Waals surface area contributed by atoms with Crippen LogP contribution in [0.1, 0.15) is 28.8 Å². The maximum atomic E-state index is 12.6. The van der Waals surface area contributed by atoms with Crippen molar-refractivity contribution in [2.75, 3.05) is 16.8 Å². The lowest BCUT2D eigenvalue weighted by Gasteiger charge is -2.20. The molecule has 4 rings (SSSR count). The van der Waals surface area contributed by atoms with Crippen molar-refractivity contribution in [2.24, 2.45) is 0 Å². The summed E-state index contributed by atoms with van der Waals surface area (Å²) in [6.45, 7) is 2.96. The van der Waals surface area contributed by atoms with Gasteiger partial charge in [0.05, 0.1) is 11.4 Å². The summed E-state index contributed by atoms with van der Waals surface area (Å²) < 4.78 is 0. The number of nitrogens with one attached hydrogen (secondary N) is 1. The van der Waals surface area contributed by atoms with Crippen LogP contribution in [0.15, 0.2) is 67.0 Å². The van der Waals surface area contributed by atoms with Gasteiger partial charge in [-0.05, 0) is 29.8 Å². The molecule has 0 fully saturated rings. The van der Waals surface area contributed by atoms with Gasteiger partial charge in [0.2, 0.25) is 5.95 Å². The van der Waals surface area contributed by atoms with E-state index in [2.05, 4.69) is 33.2 Å². The maximum absolute atomic E-state index is 12.6. The Labute approximate surface area is 146 Å². The summed E-state index contributed by atoms with van der Waals surface area (Å²) in [7, 11) is 0. The number of benzene rings is 2. The smallest absolute Gasteiger partial charge is 0.255 e. The molecule has 0 saturated carbocycles. The molecule has 1 unspecified atom stereocenters. The zero-order valence-electron chi connectivity index (χ0n) is 13.9. The molecule has 0 bridgehead atoms. The Morgan fingerprint density at radius 3 is 2.56 bits per heavy atom. The van der Waals surface area contributed by atoms with E-state index in [0.717, 1.165) is 17.9 Å². The fourth-order valence-electron chi connectivity index (χ4n) is 3.22. The molecule has 0 aliphatic carbocycles. The number of hydrogen-bond acceptors (Lipinski definition) is 4. The van der Waals surface area contributed by atoms with Gasteiger partial charge in [-0.15, -0.1) is 0 Å². The molecule has 2 heterocycles. The minimum Gasteiger partial charge on any atom is -0.320 e. The lowest BCUT2D eigenvalue weighted by Crippen LogP contribution is -2.20. The van der Waals surface area contributed by atoms with Gasteiger partial charge in [0.25, 0.3) is 5.91 Å². The Balaban J connectivity index is 1.72. The van der Waals surface area contributed by atoms with E-state index in [4.69, 9.17) is 0 Å². The molecule has 25 heavy (non-hydrogen) atoms. The summed E-state index contributed by atoms with van der Waals surface area (Å²) in [5.74, 6) is 0.865. The number of para-hydroxylation sites is 1. The van der Waals surface area contributed by atoms with Crippen LogP contribution in [0.25, 0.3) is 0 Å². The first-order valence-corrected chi connectivity index (χ1v) is 8.28. The van der Waals surface area contributed by atoms with E-state index in [9.17, 15) is 4.79 Å². The van der Waals surface area contributed by atoms with E-state index in [-0.39, 0.29) is 5.91 Å². The summed E-state index contributed by atoms with van der Waals surface area (Å²) in [6, 6.07) is 17.0. The van der Waals surface area contributed by atoms with Crippen LogP contribution in [0.3, 0.4) is 0 Å². The topological polar surface area (TPSA) is 58.1 Å². The molecule has 1 aliphatic rings. The van der Waals surface area contributed by atoms with Gasteiger partial charge >= 0.3 is 0 Å². The largest absolute Gasteiger partial charge is 0.320 e. The average Bonchev–Trinajstić information content (AvgIpc) is 3.01. The second kappa shape index (κ2) is 6.36. The van der Waals surface area contributed by atoms with E-state index in [1.807, 2.05) is 30.3 Å². The van der Waals surface area contributed by atoms with E-state index < -0.39 is 0 Å². The summed E-state index contributed by atoms with van der Waals surface area (Å²) in [4.78, 5) is 23.4. The molecule has 1 N–H and O–H groups in total. The number of carbonyl (C=O) groups excluding carboxylic acids is 1. The molecule has 0 saturated heterocycles. The van der Waals surface area contributed by atoms with Gasteiger partial charge in [0.1, 0.15) is 0 Å². The van der Waals surface area contributed by atoms with Crippen LogP contribution in [0, 0.1) is 0 Å². The minimum absolute atomic E-state index is 0.123. The van der Waals surface area contributed by atoms with Crippen LogP contribution in [0.2, 0.25) is 0 Å². The van der Waals surface area contributed by atoms with Gasteiger partial charge in [0.15, 0.2) is 0 Å². The third kappa shape index (κ3) is 2.85. The van der Waals surface area contributed by atoms with E-state index >= 15 is 0 Å². The highest BCUT2D eigenvalue weighted by atomic mass is 16.1. The third-order valence-corrected chi connectivity index (χ3v) is 4.40. The van der Waals surface area contributed by atoms with Crippen molar-refractivity contribution < 1.29 is 4.79 Å². The van der Waals surface area contributed by atoms with Gasteiger partial charge in [-0.3, -0.25) is 4.79 Å². The number of hydrogen-bond donors (Lipinski definition) is 1. The molecular formula is C20H18N4O. The molecule has 0 radical (unpaired) electrons. The predicted molar refractivity (Wildman–Crippen MR) is 98.3 cm³/mol. The molecular weight excluding hydrogens is 312 g/mol. The number of amides is 1. The zero-order chi connectivity index (χ0) is 17.2. The van der Waals surface area contributed by atoms with Gasteiger partial charge in [-0.1, -0.05) is 37.3 Å². The molecule has 5 nitrogen and oxygen atoms in total. The van der Waals surface area contributed by atoms with Gasteiger partial charge in [-0.2, -0.15) is 0 Å². The molecule has 1 atom stereocenters. The standard InChI is InChI=1S/C20H18N4O/c1-14-13-24(20-21-11-6-12-22-20)18-16(14)9-5-10-17(18)23-19(25)15-7-3-2-4-8-15/h2-12,14H,13H2,1H3,(H,23,25). The summed E-state index contributed by atoms with van der Waals surface area (Å²) in [5.41, 5.74) is 3.58. The maximum Gasteiger partial charge on any atom is 0.255 e. The second-order valence-corrected chi connectivity index (χ2v) is 6.12. The van der Waals surface area contributed by atoms with Crippen molar-refractivity contribution in [1.82, 2.24) is 9.97 Å². The Kier molecular flexibility index (Phi) is 3.90. The summed E-state index contributed by atoms with van der Waals surface area (Å²) >= 11 is 0. The molecule has 124 valence electrons. The zero-order valence-corrected chi connectivity index (χ0v) is 13.9. The molecule has 1 aromatic heterocycles. The summed E-state index contributed by atoms with van der Waals surface area (Å²) in [6.07, 6.45) is 3.46. The van der Waals surface area contributed by atoms with Crippen LogP contribution in [-0.2, 0) is 0 Å². The quantitative estimate of drug-likeness (QED) is 0.789. The highest BCUT2D eigenvalue weighted by Crippen LogP contribution is 2.44. The second-order valence-electron chi connectivity index (χ2n) is 6.12. The molecule has 5 heteroatoms. The molecule has 1 amide bonds. The van der Waals surface area contributed by atoms with Crippen molar-refractivity contribution in [1.29, 1.82) is 0 Å². The Bertz CT molecular complexity index is 896. The average molecular weight is 330 g/mol. The highest BCUT2D eigenvalue weighted by Gasteiger charge is 2.30. The fourth-order valence-corrected chi connectivity index (χ4v) is 3.22. The lowest BCUT2D eigenvalue weighted by atomic mass is 10.0. The van der Waals surface area contributed by atoms with Gasteiger partial charge < -0.3 is 10.2 Å². The Morgan fingerprint density at radius 2 is 1.80 bits per heavy atom. The van der Waals surface area contributed by atoms with E-state index in [1.165, 1.54) is 5.56 Å². The van der Waals surface area contributed by atoms with Crippen molar-refractivity contribution >= 4 is 23.2 Å². The monoisotopic (exact) mass is 330 g/mol. The van der Waals surface area contributed by atoms with Crippen LogP contribution in [0.5, 0.6) is 0 Å². The third-order valence-electron chi connectivity index (χ3n) is 4.40. The molecule has 1 aliphatic heterocycles. The van der Waals surface area contributed by atoms with Crippen molar-refractivity contribution in [3.8, 4) is 0 Å².